The summed E-state index contributed by atoms with van der Waals surface area (Å²) in [6.45, 7) is 13.6. The molecule has 1 heterocycles. The summed E-state index contributed by atoms with van der Waals surface area (Å²) in [6, 6.07) is 13.9. The van der Waals surface area contributed by atoms with Crippen LogP contribution in [0.4, 0.5) is 0 Å². The summed E-state index contributed by atoms with van der Waals surface area (Å²) in [7, 11) is 0. The number of rotatable bonds is 5. The van der Waals surface area contributed by atoms with Crippen LogP contribution in [0, 0.1) is 25.7 Å². The molecule has 0 unspecified atom stereocenters. The highest BCUT2D eigenvalue weighted by Crippen LogP contribution is 2.47. The third-order valence-electron chi connectivity index (χ3n) is 5.55. The molecule has 0 aliphatic heterocycles. The van der Waals surface area contributed by atoms with Crippen LogP contribution in [0.5, 0.6) is 0 Å². The van der Waals surface area contributed by atoms with Crippen LogP contribution in [0.2, 0.25) is 0 Å². The van der Waals surface area contributed by atoms with Gasteiger partial charge >= 0.3 is 0 Å². The second-order valence-corrected chi connectivity index (χ2v) is 9.33. The summed E-state index contributed by atoms with van der Waals surface area (Å²) in [5.74, 6) is 1.26. The fraction of sp³-hybridized carbons (Fsp3) is 0.370. The van der Waals surface area contributed by atoms with Crippen molar-refractivity contribution in [2.24, 2.45) is 11.8 Å². The zero-order valence-corrected chi connectivity index (χ0v) is 18.1. The molecule has 1 aliphatic rings. The Bertz CT molecular complexity index is 1060. The van der Waals surface area contributed by atoms with E-state index in [9.17, 15) is 0 Å². The van der Waals surface area contributed by atoms with Crippen molar-refractivity contribution in [1.29, 1.82) is 0 Å². The van der Waals surface area contributed by atoms with Crippen LogP contribution in [0.25, 0.3) is 21.9 Å². The zero-order valence-electron chi connectivity index (χ0n) is 18.1. The van der Waals surface area contributed by atoms with E-state index >= 15 is 0 Å². The Morgan fingerprint density at radius 2 is 1.50 bits per heavy atom. The number of nitrogens with zero attached hydrogens (tertiary/aromatic N) is 1. The highest BCUT2D eigenvalue weighted by atomic mass is 14.7. The van der Waals surface area contributed by atoms with Crippen LogP contribution >= 0.6 is 0 Å². The molecular weight excluding hydrogens is 338 g/mol. The lowest BCUT2D eigenvalue weighted by Crippen LogP contribution is -1.97. The maximum absolute atomic E-state index is 4.88. The van der Waals surface area contributed by atoms with E-state index in [-0.39, 0.29) is 0 Å². The van der Waals surface area contributed by atoms with E-state index in [2.05, 4.69) is 77.9 Å². The fourth-order valence-electron chi connectivity index (χ4n) is 4.72. The highest BCUT2D eigenvalue weighted by Gasteiger charge is 2.27. The predicted octanol–water partition coefficient (Wildman–Crippen LogP) is 7.37. The average molecular weight is 370 g/mol. The summed E-state index contributed by atoms with van der Waals surface area (Å²) in [5, 5.41) is 2.68. The first-order valence-corrected chi connectivity index (χ1v) is 10.6. The highest BCUT2D eigenvalue weighted by molar-refractivity contribution is 6.16. The molecule has 0 amide bonds. The van der Waals surface area contributed by atoms with Gasteiger partial charge in [-0.25, -0.2) is 0 Å². The lowest BCUT2D eigenvalue weighted by Gasteiger charge is -2.14. The normalized spacial score (nSPS) is 13.4. The Morgan fingerprint density at radius 3 is 2.14 bits per heavy atom. The maximum Gasteiger partial charge on any atom is 0.0795 e. The molecule has 0 radical (unpaired) electrons. The molecule has 1 nitrogen and oxygen atoms in total. The quantitative estimate of drug-likeness (QED) is 0.457. The molecule has 1 aromatic heterocycles. The zero-order chi connectivity index (χ0) is 20.0. The molecule has 4 rings (SSSR count). The minimum absolute atomic E-state index is 0.606. The monoisotopic (exact) mass is 369 g/mol. The minimum Gasteiger partial charge on any atom is -0.256 e. The predicted molar refractivity (Wildman–Crippen MR) is 122 cm³/mol. The van der Waals surface area contributed by atoms with Crippen LogP contribution in [0.3, 0.4) is 0 Å². The summed E-state index contributed by atoms with van der Waals surface area (Å²) < 4.78 is 0. The van der Waals surface area contributed by atoms with Gasteiger partial charge < -0.3 is 0 Å². The van der Waals surface area contributed by atoms with Gasteiger partial charge in [0.2, 0.25) is 0 Å². The largest absolute Gasteiger partial charge is 0.256 e. The number of hydrogen-bond acceptors (Lipinski definition) is 1. The Labute approximate surface area is 169 Å². The van der Waals surface area contributed by atoms with Crippen molar-refractivity contribution < 1.29 is 0 Å². The molecule has 0 spiro atoms. The van der Waals surface area contributed by atoms with Crippen molar-refractivity contribution in [2.75, 3.05) is 0 Å². The summed E-state index contributed by atoms with van der Waals surface area (Å²) in [5.41, 5.74) is 10.8. The van der Waals surface area contributed by atoms with Gasteiger partial charge in [0.1, 0.15) is 0 Å². The summed E-state index contributed by atoms with van der Waals surface area (Å²) in [6.07, 6.45) is 4.19. The molecule has 1 aliphatic carbocycles. The van der Waals surface area contributed by atoms with Crippen LogP contribution in [0.15, 0.2) is 42.6 Å². The lowest BCUT2D eigenvalue weighted by molar-refractivity contribution is 0.647. The van der Waals surface area contributed by atoms with Gasteiger partial charge in [-0.3, -0.25) is 4.98 Å². The van der Waals surface area contributed by atoms with Crippen LogP contribution in [-0.2, 0) is 6.42 Å². The third kappa shape index (κ3) is 3.39. The molecule has 144 valence electrons. The Morgan fingerprint density at radius 1 is 0.821 bits per heavy atom. The molecule has 0 saturated carbocycles. The van der Waals surface area contributed by atoms with Crippen molar-refractivity contribution in [3.63, 3.8) is 0 Å². The van der Waals surface area contributed by atoms with Crippen LogP contribution < -0.4 is 0 Å². The second-order valence-electron chi connectivity index (χ2n) is 9.33. The molecule has 0 saturated heterocycles. The van der Waals surface area contributed by atoms with E-state index in [0.717, 1.165) is 12.8 Å². The van der Waals surface area contributed by atoms with Gasteiger partial charge in [0.05, 0.1) is 5.69 Å². The molecule has 0 atom stereocenters. The van der Waals surface area contributed by atoms with Crippen molar-refractivity contribution in [2.45, 2.75) is 54.4 Å². The lowest BCUT2D eigenvalue weighted by atomic mass is 9.90. The van der Waals surface area contributed by atoms with Crippen LogP contribution in [0.1, 0.15) is 67.6 Å². The minimum atomic E-state index is 0.606. The van der Waals surface area contributed by atoms with Gasteiger partial charge in [-0.2, -0.15) is 0 Å². The SMILES string of the molecule is Cc1cc(C)cc(C2=C(CC(C)C)c3cc(CC(C)C)cc4ccnc2c34)c1. The van der Waals surface area contributed by atoms with E-state index < -0.39 is 0 Å². The first-order chi connectivity index (χ1) is 13.3. The van der Waals surface area contributed by atoms with Gasteiger partial charge in [-0.1, -0.05) is 69.2 Å². The van der Waals surface area contributed by atoms with Gasteiger partial charge in [-0.15, -0.1) is 0 Å². The van der Waals surface area contributed by atoms with Gasteiger partial charge in [0.25, 0.3) is 0 Å². The van der Waals surface area contributed by atoms with Crippen molar-refractivity contribution in [1.82, 2.24) is 4.98 Å². The maximum atomic E-state index is 4.88. The Kier molecular flexibility index (Phi) is 4.87. The van der Waals surface area contributed by atoms with Gasteiger partial charge in [0, 0.05) is 17.2 Å². The summed E-state index contributed by atoms with van der Waals surface area (Å²) in [4.78, 5) is 4.88. The van der Waals surface area contributed by atoms with Gasteiger partial charge in [-0.05, 0) is 72.2 Å². The second kappa shape index (κ2) is 7.20. The number of aromatic nitrogens is 1. The van der Waals surface area contributed by atoms with Crippen LogP contribution in [-0.4, -0.2) is 4.98 Å². The van der Waals surface area contributed by atoms with Crippen molar-refractivity contribution in [3.05, 3.63) is 76.1 Å². The standard InChI is InChI=1S/C27H31N/c1-16(2)9-20-14-21-7-8-28-27-25(21)24(15-20)23(10-17(3)4)26(27)22-12-18(5)11-19(6)13-22/h7-8,11-17H,9-10H2,1-6H3. The summed E-state index contributed by atoms with van der Waals surface area (Å²) >= 11 is 0. The molecule has 0 fully saturated rings. The van der Waals surface area contributed by atoms with E-state index in [4.69, 9.17) is 4.98 Å². The average Bonchev–Trinajstić information content (AvgIpc) is 2.88. The number of benzene rings is 2. The Hall–Kier alpha value is -2.41. The van der Waals surface area contributed by atoms with E-state index in [0.29, 0.717) is 11.8 Å². The topological polar surface area (TPSA) is 12.9 Å². The molecule has 28 heavy (non-hydrogen) atoms. The Balaban J connectivity index is 2.02. The van der Waals surface area contributed by atoms with Crippen molar-refractivity contribution in [3.8, 4) is 0 Å². The first kappa shape index (κ1) is 18.9. The first-order valence-electron chi connectivity index (χ1n) is 10.6. The molecule has 1 heteroatoms. The number of aryl methyl sites for hydroxylation is 2. The number of hydrogen-bond donors (Lipinski definition) is 0. The van der Waals surface area contributed by atoms with E-state index in [1.165, 1.54) is 55.4 Å². The molecule has 2 aromatic carbocycles. The molecule has 3 aromatic rings. The fourth-order valence-corrected chi connectivity index (χ4v) is 4.72. The molecule has 0 bridgehead atoms. The van der Waals surface area contributed by atoms with E-state index in [1.54, 1.807) is 0 Å². The number of allylic oxidation sites excluding steroid dienone is 1. The van der Waals surface area contributed by atoms with E-state index in [1.807, 2.05) is 6.20 Å². The smallest absolute Gasteiger partial charge is 0.0795 e. The van der Waals surface area contributed by atoms with Gasteiger partial charge in [0.15, 0.2) is 0 Å². The van der Waals surface area contributed by atoms with Crippen molar-refractivity contribution >= 4 is 21.9 Å². The molecule has 0 N–H and O–H groups in total. The number of pyridine rings is 1. The third-order valence-corrected chi connectivity index (χ3v) is 5.55. The molecular formula is C27H31N.